The summed E-state index contributed by atoms with van der Waals surface area (Å²) in [5, 5.41) is 13.0. The summed E-state index contributed by atoms with van der Waals surface area (Å²) in [6.07, 6.45) is 14.5. The Labute approximate surface area is 255 Å². The van der Waals surface area contributed by atoms with E-state index >= 15 is 0 Å². The van der Waals surface area contributed by atoms with Gasteiger partial charge in [-0.05, 0) is 72.5 Å². The number of halogens is 1. The number of hydrogen-bond acceptors (Lipinski definition) is 6. The van der Waals surface area contributed by atoms with Gasteiger partial charge in [0.15, 0.2) is 0 Å². The van der Waals surface area contributed by atoms with Crippen molar-refractivity contribution in [3.63, 3.8) is 0 Å². The second-order valence-corrected chi connectivity index (χ2v) is 14.5. The number of nitrogens with one attached hydrogen (secondary N) is 4. The van der Waals surface area contributed by atoms with E-state index < -0.39 is 9.39 Å². The Hall–Kier alpha value is -4.80. The maximum absolute atomic E-state index is 14.7. The molecule has 1 saturated carbocycles. The molecule has 7 rings (SSSR count). The number of hydrogen-bond donors (Lipinski definition) is 4. The second-order valence-electron chi connectivity index (χ2n) is 11.7. The Balaban J connectivity index is 1.23. The molecule has 0 saturated heterocycles. The third-order valence-corrected chi connectivity index (χ3v) is 8.92. The summed E-state index contributed by atoms with van der Waals surface area (Å²) >= 11 is 0. The molecule has 44 heavy (non-hydrogen) atoms. The van der Waals surface area contributed by atoms with E-state index in [1.165, 1.54) is 31.4 Å². The zero-order chi connectivity index (χ0) is 30.4. The summed E-state index contributed by atoms with van der Waals surface area (Å²) in [6, 6.07) is 11.1. The van der Waals surface area contributed by atoms with Gasteiger partial charge in [0, 0.05) is 46.5 Å². The summed E-state index contributed by atoms with van der Waals surface area (Å²) < 4.78 is 18.0. The topological polar surface area (TPSA) is 107 Å². The van der Waals surface area contributed by atoms with Gasteiger partial charge in [-0.2, -0.15) is 14.5 Å². The molecule has 6 aromatic rings. The molecule has 8 nitrogen and oxygen atoms in total. The van der Waals surface area contributed by atoms with Crippen LogP contribution in [-0.2, 0) is 6.54 Å². The summed E-state index contributed by atoms with van der Waals surface area (Å²) in [4.78, 5) is 17.1. The summed E-state index contributed by atoms with van der Waals surface area (Å²) in [5.74, 6) is 8.33. The lowest BCUT2D eigenvalue weighted by atomic mass is 9.83. The standard InChI is InChI=1S/C34H33FN8S/c1-20(22-6-5-7-22)40-26-11-24(15-36-16-26)30-13-28-33(19-38-30)42-43-34(28)31-12-27-29(17-37-18-32(27)41-31)23-8-21(9-25(35)10-23)14-39-44(2,3)4/h8-13,15-19,22,39-41H,1-3,5-7,14H2,4H3,(H,42,43). The van der Waals surface area contributed by atoms with E-state index in [1.54, 1.807) is 18.6 Å². The van der Waals surface area contributed by atoms with Crippen molar-refractivity contribution in [2.24, 2.45) is 5.92 Å². The first-order valence-corrected chi connectivity index (χ1v) is 16.8. The molecule has 1 fully saturated rings. The number of fused-ring (bicyclic) bond motifs is 2. The van der Waals surface area contributed by atoms with Gasteiger partial charge in [0.05, 0.1) is 46.7 Å². The van der Waals surface area contributed by atoms with Gasteiger partial charge in [-0.1, -0.05) is 24.7 Å². The fourth-order valence-corrected chi connectivity index (χ4v) is 6.06. The van der Waals surface area contributed by atoms with Crippen molar-refractivity contribution in [1.82, 2.24) is 34.9 Å². The molecule has 1 aromatic carbocycles. The zero-order valence-corrected chi connectivity index (χ0v) is 25.3. The van der Waals surface area contributed by atoms with Crippen LogP contribution < -0.4 is 10.0 Å². The normalized spacial score (nSPS) is 13.8. The van der Waals surface area contributed by atoms with Crippen LogP contribution in [0.25, 0.3) is 55.6 Å². The highest BCUT2D eigenvalue weighted by Crippen LogP contribution is 2.36. The molecular formula is C34H33FN8S. The number of benzene rings is 1. The Bertz CT molecular complexity index is 2160. The van der Waals surface area contributed by atoms with Crippen molar-refractivity contribution < 1.29 is 4.39 Å². The van der Waals surface area contributed by atoms with E-state index in [1.807, 2.05) is 42.9 Å². The van der Waals surface area contributed by atoms with Crippen molar-refractivity contribution in [3.05, 3.63) is 91.0 Å². The van der Waals surface area contributed by atoms with E-state index in [4.69, 9.17) is 0 Å². The molecule has 0 bridgehead atoms. The summed E-state index contributed by atoms with van der Waals surface area (Å²) in [7, 11) is -1.43. The third kappa shape index (κ3) is 5.61. The minimum Gasteiger partial charge on any atom is -0.358 e. The van der Waals surface area contributed by atoms with Crippen LogP contribution in [0.5, 0.6) is 0 Å². The van der Waals surface area contributed by atoms with E-state index in [0.29, 0.717) is 12.5 Å². The quantitative estimate of drug-likeness (QED) is 0.128. The first-order valence-electron chi connectivity index (χ1n) is 14.4. The van der Waals surface area contributed by atoms with Gasteiger partial charge in [0.1, 0.15) is 11.5 Å². The lowest BCUT2D eigenvalue weighted by Gasteiger charge is -2.28. The number of nitrogens with zero attached hydrogens (tertiary/aromatic N) is 4. The van der Waals surface area contributed by atoms with Crippen molar-refractivity contribution in [2.75, 3.05) is 11.6 Å². The van der Waals surface area contributed by atoms with Crippen molar-refractivity contribution >= 4 is 48.6 Å². The van der Waals surface area contributed by atoms with Crippen molar-refractivity contribution in [2.45, 2.75) is 25.8 Å². The first kappa shape index (κ1) is 28.0. The highest BCUT2D eigenvalue weighted by Gasteiger charge is 2.21. The van der Waals surface area contributed by atoms with E-state index in [0.717, 1.165) is 72.5 Å². The molecule has 4 N–H and O–H groups in total. The average molecular weight is 605 g/mol. The number of rotatable bonds is 9. The van der Waals surface area contributed by atoms with Gasteiger partial charge in [-0.25, -0.2) is 4.39 Å². The molecule has 1 aliphatic rings. The molecule has 0 amide bonds. The minimum absolute atomic E-state index is 0.309. The maximum Gasteiger partial charge on any atom is 0.124 e. The first-order chi connectivity index (χ1) is 21.2. The molecule has 0 unspecified atom stereocenters. The van der Waals surface area contributed by atoms with Gasteiger partial charge >= 0.3 is 0 Å². The molecule has 10 heteroatoms. The molecule has 5 aromatic heterocycles. The lowest BCUT2D eigenvalue weighted by molar-refractivity contribution is 0.371. The predicted molar refractivity (Wildman–Crippen MR) is 182 cm³/mol. The molecule has 0 aliphatic heterocycles. The van der Waals surface area contributed by atoms with Gasteiger partial charge in [0.25, 0.3) is 0 Å². The Kier molecular flexibility index (Phi) is 7.02. The van der Waals surface area contributed by atoms with Gasteiger partial charge in [0.2, 0.25) is 0 Å². The van der Waals surface area contributed by atoms with Crippen LogP contribution in [0.2, 0.25) is 0 Å². The number of H-pyrrole nitrogens is 2. The van der Waals surface area contributed by atoms with Crippen LogP contribution >= 0.6 is 9.39 Å². The number of aromatic amines is 2. The Morgan fingerprint density at radius 1 is 0.955 bits per heavy atom. The molecule has 0 radical (unpaired) electrons. The van der Waals surface area contributed by atoms with Crippen LogP contribution in [0.1, 0.15) is 24.8 Å². The molecular weight excluding hydrogens is 571 g/mol. The van der Waals surface area contributed by atoms with Crippen molar-refractivity contribution in [3.8, 4) is 33.8 Å². The Morgan fingerprint density at radius 3 is 2.59 bits per heavy atom. The third-order valence-electron chi connectivity index (χ3n) is 8.08. The van der Waals surface area contributed by atoms with Crippen LogP contribution in [0.4, 0.5) is 10.1 Å². The van der Waals surface area contributed by atoms with Crippen LogP contribution in [-0.4, -0.2) is 48.1 Å². The van der Waals surface area contributed by atoms with Crippen molar-refractivity contribution in [1.29, 1.82) is 0 Å². The molecule has 222 valence electrons. The fraction of sp³-hybridized carbons (Fsp3) is 0.176. The lowest BCUT2D eigenvalue weighted by Crippen LogP contribution is -2.18. The van der Waals surface area contributed by atoms with Crippen LogP contribution in [0, 0.1) is 11.7 Å². The second kappa shape index (κ2) is 11.0. The SMILES string of the molecule is C=C(Nc1cncc(-c2cc3c(-c4cc5c(-c6cc(F)cc(CNS(=C)(=C)C)c6)cncc5[nH]4)n[nH]c3cn2)c1)C1CCC1. The highest BCUT2D eigenvalue weighted by atomic mass is 32.2. The molecule has 5 heterocycles. The summed E-state index contributed by atoms with van der Waals surface area (Å²) in [5.41, 5.74) is 9.21. The molecule has 0 spiro atoms. The largest absolute Gasteiger partial charge is 0.358 e. The summed E-state index contributed by atoms with van der Waals surface area (Å²) in [6.45, 7) is 4.70. The Morgan fingerprint density at radius 2 is 1.80 bits per heavy atom. The average Bonchev–Trinajstić information content (AvgIpc) is 3.58. The van der Waals surface area contributed by atoms with Gasteiger partial charge in [-0.3, -0.25) is 24.8 Å². The zero-order valence-electron chi connectivity index (χ0n) is 24.5. The smallest absolute Gasteiger partial charge is 0.124 e. The minimum atomic E-state index is -1.43. The highest BCUT2D eigenvalue weighted by molar-refractivity contribution is 8.25. The van der Waals surface area contributed by atoms with E-state index in [-0.39, 0.29) is 5.82 Å². The van der Waals surface area contributed by atoms with Crippen LogP contribution in [0.15, 0.2) is 79.7 Å². The van der Waals surface area contributed by atoms with Crippen LogP contribution in [0.3, 0.4) is 0 Å². The fourth-order valence-electron chi connectivity index (χ4n) is 5.55. The number of aromatic nitrogens is 6. The molecule has 1 aliphatic carbocycles. The van der Waals surface area contributed by atoms with Gasteiger partial charge < -0.3 is 10.3 Å². The molecule has 0 atom stereocenters. The maximum atomic E-state index is 14.7. The van der Waals surface area contributed by atoms with E-state index in [9.17, 15) is 4.39 Å². The van der Waals surface area contributed by atoms with Gasteiger partial charge in [-0.15, -0.1) is 0 Å². The number of pyridine rings is 3. The van der Waals surface area contributed by atoms with E-state index in [2.05, 4.69) is 58.5 Å². The number of anilines is 1. The monoisotopic (exact) mass is 604 g/mol. The predicted octanol–water partition coefficient (Wildman–Crippen LogP) is 7.40. The number of allylic oxidation sites excluding steroid dienone is 1.